The van der Waals surface area contributed by atoms with E-state index < -0.39 is 0 Å². The summed E-state index contributed by atoms with van der Waals surface area (Å²) in [5.74, 6) is -0.276. The number of hydrogen-bond acceptors (Lipinski definition) is 4. The summed E-state index contributed by atoms with van der Waals surface area (Å²) in [5, 5.41) is 5.53. The lowest BCUT2D eigenvalue weighted by atomic mass is 10.1. The monoisotopic (exact) mass is 250 g/mol. The minimum atomic E-state index is -0.307. The molecule has 0 bridgehead atoms. The molecule has 1 amide bonds. The van der Waals surface area contributed by atoms with Gasteiger partial charge in [-0.15, -0.1) is 0 Å². The second-order valence-electron chi connectivity index (χ2n) is 3.80. The molecule has 0 unspecified atom stereocenters. The number of methoxy groups -OCH3 is 1. The maximum atomic E-state index is 11.1. The first-order chi connectivity index (χ1) is 8.65. The molecule has 1 aromatic rings. The van der Waals surface area contributed by atoms with Crippen LogP contribution in [0.5, 0.6) is 0 Å². The summed E-state index contributed by atoms with van der Waals surface area (Å²) in [4.78, 5) is 22.0. The molecule has 1 rings (SSSR count). The Morgan fingerprint density at radius 3 is 2.44 bits per heavy atom. The number of carbonyl (C=O) groups excluding carboxylic acids is 2. The molecule has 0 radical (unpaired) electrons. The molecule has 2 N–H and O–H groups in total. The molecule has 0 spiro atoms. The summed E-state index contributed by atoms with van der Waals surface area (Å²) in [6.45, 7) is 0.147. The van der Waals surface area contributed by atoms with Crippen molar-refractivity contribution in [3.05, 3.63) is 29.8 Å². The average Bonchev–Trinajstić information content (AvgIpc) is 2.43. The van der Waals surface area contributed by atoms with Gasteiger partial charge in [-0.3, -0.25) is 9.59 Å². The first-order valence-corrected chi connectivity index (χ1v) is 5.76. The Morgan fingerprint density at radius 2 is 1.89 bits per heavy atom. The highest BCUT2D eigenvalue weighted by Gasteiger charge is 2.01. The normalized spacial score (nSPS) is 9.67. The first-order valence-electron chi connectivity index (χ1n) is 5.76. The molecule has 0 aliphatic carbocycles. The topological polar surface area (TPSA) is 67.4 Å². The summed E-state index contributed by atoms with van der Waals surface area (Å²) in [6, 6.07) is 7.62. The first kappa shape index (κ1) is 14.0. The van der Waals surface area contributed by atoms with Crippen LogP contribution in [0.25, 0.3) is 0 Å². The van der Waals surface area contributed by atoms with Gasteiger partial charge >= 0.3 is 5.97 Å². The molecular formula is C13H18N2O3. The zero-order chi connectivity index (χ0) is 13.4. The van der Waals surface area contributed by atoms with E-state index >= 15 is 0 Å². The van der Waals surface area contributed by atoms with Crippen LogP contribution < -0.4 is 10.6 Å². The van der Waals surface area contributed by atoms with Crippen molar-refractivity contribution < 1.29 is 14.3 Å². The van der Waals surface area contributed by atoms with Crippen molar-refractivity contribution in [2.45, 2.75) is 12.8 Å². The van der Waals surface area contributed by atoms with Crippen LogP contribution >= 0.6 is 0 Å². The second kappa shape index (κ2) is 7.32. The number of nitrogens with one attached hydrogen (secondary N) is 2. The van der Waals surface area contributed by atoms with E-state index in [0.29, 0.717) is 12.8 Å². The Labute approximate surface area is 107 Å². The van der Waals surface area contributed by atoms with E-state index in [1.54, 1.807) is 7.05 Å². The van der Waals surface area contributed by atoms with Gasteiger partial charge in [-0.2, -0.15) is 0 Å². The summed E-state index contributed by atoms with van der Waals surface area (Å²) < 4.78 is 4.53. The van der Waals surface area contributed by atoms with E-state index in [1.165, 1.54) is 7.11 Å². The molecular weight excluding hydrogens is 232 g/mol. The van der Waals surface area contributed by atoms with Gasteiger partial charge in [0.25, 0.3) is 0 Å². The number of carbonyl (C=O) groups is 2. The van der Waals surface area contributed by atoms with Gasteiger partial charge in [0, 0.05) is 19.2 Å². The van der Waals surface area contributed by atoms with Crippen LogP contribution in [-0.2, 0) is 20.7 Å². The van der Waals surface area contributed by atoms with Crippen LogP contribution in [0.4, 0.5) is 5.69 Å². The maximum absolute atomic E-state index is 11.1. The van der Waals surface area contributed by atoms with Gasteiger partial charge in [0.15, 0.2) is 0 Å². The Morgan fingerprint density at radius 1 is 1.22 bits per heavy atom. The smallest absolute Gasteiger partial charge is 0.325 e. The van der Waals surface area contributed by atoms with E-state index in [2.05, 4.69) is 15.4 Å². The van der Waals surface area contributed by atoms with Crippen LogP contribution in [0.3, 0.4) is 0 Å². The zero-order valence-corrected chi connectivity index (χ0v) is 10.7. The summed E-state index contributed by atoms with van der Waals surface area (Å²) in [5.41, 5.74) is 1.94. The van der Waals surface area contributed by atoms with Crippen LogP contribution in [0.15, 0.2) is 24.3 Å². The standard InChI is InChI=1S/C13H18N2O3/c1-14-12(16)8-5-10-3-6-11(7-4-10)15-9-13(17)18-2/h3-4,6-7,15H,5,8-9H2,1-2H3,(H,14,16). The molecule has 5 heteroatoms. The number of benzene rings is 1. The van der Waals surface area contributed by atoms with Gasteiger partial charge < -0.3 is 15.4 Å². The van der Waals surface area contributed by atoms with Crippen molar-refractivity contribution in [2.75, 3.05) is 26.0 Å². The third-order valence-electron chi connectivity index (χ3n) is 2.54. The molecule has 0 aliphatic heterocycles. The molecule has 0 atom stereocenters. The highest BCUT2D eigenvalue weighted by molar-refractivity contribution is 5.76. The predicted molar refractivity (Wildman–Crippen MR) is 69.3 cm³/mol. The Balaban J connectivity index is 2.42. The van der Waals surface area contributed by atoms with Crippen molar-refractivity contribution in [3.8, 4) is 0 Å². The predicted octanol–water partition coefficient (Wildman–Crippen LogP) is 0.950. The molecule has 1 aromatic carbocycles. The average molecular weight is 250 g/mol. The summed E-state index contributed by atoms with van der Waals surface area (Å²) in [7, 11) is 2.98. The number of rotatable bonds is 6. The van der Waals surface area contributed by atoms with Crippen LogP contribution in [0, 0.1) is 0 Å². The number of hydrogen-bond donors (Lipinski definition) is 2. The molecule has 0 fully saturated rings. The lowest BCUT2D eigenvalue weighted by Crippen LogP contribution is -2.18. The van der Waals surface area contributed by atoms with Crippen LogP contribution in [-0.4, -0.2) is 32.6 Å². The van der Waals surface area contributed by atoms with Gasteiger partial charge in [-0.25, -0.2) is 0 Å². The minimum absolute atomic E-state index is 0.0305. The molecule has 0 aromatic heterocycles. The number of anilines is 1. The van der Waals surface area contributed by atoms with E-state index in [1.807, 2.05) is 24.3 Å². The molecule has 98 valence electrons. The Kier molecular flexibility index (Phi) is 5.70. The van der Waals surface area contributed by atoms with Gasteiger partial charge in [0.05, 0.1) is 7.11 Å². The zero-order valence-electron chi connectivity index (χ0n) is 10.7. The fraction of sp³-hybridized carbons (Fsp3) is 0.385. The van der Waals surface area contributed by atoms with E-state index in [0.717, 1.165) is 11.3 Å². The third-order valence-corrected chi connectivity index (χ3v) is 2.54. The largest absolute Gasteiger partial charge is 0.468 e. The minimum Gasteiger partial charge on any atom is -0.468 e. The Bertz CT molecular complexity index is 362. The molecule has 5 nitrogen and oxygen atoms in total. The molecule has 18 heavy (non-hydrogen) atoms. The van der Waals surface area contributed by atoms with E-state index in [4.69, 9.17) is 0 Å². The van der Waals surface area contributed by atoms with Crippen molar-refractivity contribution >= 4 is 17.6 Å². The van der Waals surface area contributed by atoms with Crippen molar-refractivity contribution in [2.24, 2.45) is 0 Å². The molecule has 0 saturated carbocycles. The number of aryl methyl sites for hydroxylation is 1. The molecule has 0 heterocycles. The lowest BCUT2D eigenvalue weighted by Gasteiger charge is -2.06. The van der Waals surface area contributed by atoms with Gasteiger partial charge in [-0.05, 0) is 24.1 Å². The van der Waals surface area contributed by atoms with Gasteiger partial charge in [0.2, 0.25) is 5.91 Å². The molecule has 0 aliphatic rings. The van der Waals surface area contributed by atoms with Gasteiger partial charge in [-0.1, -0.05) is 12.1 Å². The summed E-state index contributed by atoms with van der Waals surface area (Å²) in [6.07, 6.45) is 1.18. The lowest BCUT2D eigenvalue weighted by molar-refractivity contribution is -0.138. The second-order valence-corrected chi connectivity index (χ2v) is 3.80. The Hall–Kier alpha value is -2.04. The maximum Gasteiger partial charge on any atom is 0.325 e. The van der Waals surface area contributed by atoms with Crippen molar-refractivity contribution in [1.82, 2.24) is 5.32 Å². The number of esters is 1. The fourth-order valence-corrected chi connectivity index (χ4v) is 1.42. The molecule has 0 saturated heterocycles. The third kappa shape index (κ3) is 4.86. The van der Waals surface area contributed by atoms with Crippen LogP contribution in [0.2, 0.25) is 0 Å². The quantitative estimate of drug-likeness (QED) is 0.738. The SMILES string of the molecule is CNC(=O)CCc1ccc(NCC(=O)OC)cc1. The summed E-state index contributed by atoms with van der Waals surface area (Å²) >= 11 is 0. The highest BCUT2D eigenvalue weighted by atomic mass is 16.5. The van der Waals surface area contributed by atoms with Crippen molar-refractivity contribution in [3.63, 3.8) is 0 Å². The van der Waals surface area contributed by atoms with Crippen molar-refractivity contribution in [1.29, 1.82) is 0 Å². The van der Waals surface area contributed by atoms with Gasteiger partial charge in [0.1, 0.15) is 6.54 Å². The van der Waals surface area contributed by atoms with E-state index in [9.17, 15) is 9.59 Å². The van der Waals surface area contributed by atoms with E-state index in [-0.39, 0.29) is 18.4 Å². The number of amides is 1. The number of ether oxygens (including phenoxy) is 1. The van der Waals surface area contributed by atoms with Crippen LogP contribution in [0.1, 0.15) is 12.0 Å². The highest BCUT2D eigenvalue weighted by Crippen LogP contribution is 2.10. The fourth-order valence-electron chi connectivity index (χ4n) is 1.42.